The van der Waals surface area contributed by atoms with E-state index >= 15 is 0 Å². The number of amides is 2. The first-order valence-electron chi connectivity index (χ1n) is 10.3. The zero-order chi connectivity index (χ0) is 19.4. The molecule has 5 nitrogen and oxygen atoms in total. The molecule has 2 amide bonds. The maximum atomic E-state index is 13.2. The molecule has 2 fully saturated rings. The highest BCUT2D eigenvalue weighted by Gasteiger charge is 2.40. The molecule has 2 aliphatic carbocycles. The Morgan fingerprint density at radius 2 is 1.71 bits per heavy atom. The van der Waals surface area contributed by atoms with Gasteiger partial charge in [0.2, 0.25) is 11.8 Å². The van der Waals surface area contributed by atoms with Gasteiger partial charge in [0.05, 0.1) is 0 Å². The van der Waals surface area contributed by atoms with Crippen LogP contribution in [-0.4, -0.2) is 23.9 Å². The summed E-state index contributed by atoms with van der Waals surface area (Å²) in [5, 5.41) is 6.24. The third-order valence-corrected chi connectivity index (χ3v) is 5.98. The van der Waals surface area contributed by atoms with E-state index < -0.39 is 6.04 Å². The van der Waals surface area contributed by atoms with Gasteiger partial charge < -0.3 is 16.4 Å². The summed E-state index contributed by atoms with van der Waals surface area (Å²) in [7, 11) is 0. The van der Waals surface area contributed by atoms with E-state index in [1.165, 1.54) is 6.42 Å². The van der Waals surface area contributed by atoms with Crippen molar-refractivity contribution < 1.29 is 9.59 Å². The van der Waals surface area contributed by atoms with Gasteiger partial charge in [0.25, 0.3) is 0 Å². The van der Waals surface area contributed by atoms with Gasteiger partial charge in [-0.2, -0.15) is 0 Å². The Kier molecular flexibility index (Phi) is 8.32. The number of rotatable bonds is 6. The van der Waals surface area contributed by atoms with E-state index in [0.717, 1.165) is 31.2 Å². The van der Waals surface area contributed by atoms with Crippen LogP contribution < -0.4 is 16.4 Å². The number of benzene rings is 1. The highest BCUT2D eigenvalue weighted by molar-refractivity contribution is 5.89. The van der Waals surface area contributed by atoms with Crippen LogP contribution in [0.25, 0.3) is 0 Å². The molecule has 0 spiro atoms. The largest absolute Gasteiger partial charge is 0.351 e. The molecule has 1 aromatic carbocycles. The monoisotopic (exact) mass is 407 g/mol. The Labute approximate surface area is 174 Å². The number of carbonyl (C=O) groups is 2. The summed E-state index contributed by atoms with van der Waals surface area (Å²) in [4.78, 5) is 25.6. The molecular weight excluding hydrogens is 374 g/mol. The number of hydrogen-bond acceptors (Lipinski definition) is 3. The SMILES string of the molecule is CC(C)CC(=O)NC(C(=O)NC1C2CCCC1CC(N)C2)c1ccccc1.Cl. The quantitative estimate of drug-likeness (QED) is 0.676. The predicted molar refractivity (Wildman–Crippen MR) is 114 cm³/mol. The van der Waals surface area contributed by atoms with Crippen molar-refractivity contribution in [1.82, 2.24) is 10.6 Å². The molecule has 0 saturated heterocycles. The molecule has 2 saturated carbocycles. The molecule has 2 bridgehead atoms. The number of carbonyl (C=O) groups excluding carboxylic acids is 2. The number of hydrogen-bond donors (Lipinski definition) is 3. The van der Waals surface area contributed by atoms with Gasteiger partial charge in [-0.3, -0.25) is 9.59 Å². The molecule has 0 radical (unpaired) electrons. The topological polar surface area (TPSA) is 84.2 Å². The molecule has 3 rings (SSSR count). The summed E-state index contributed by atoms with van der Waals surface area (Å²) in [6, 6.07) is 9.31. The second kappa shape index (κ2) is 10.3. The van der Waals surface area contributed by atoms with E-state index in [4.69, 9.17) is 5.73 Å². The average Bonchev–Trinajstić information content (AvgIpc) is 2.60. The van der Waals surface area contributed by atoms with Gasteiger partial charge in [-0.15, -0.1) is 12.4 Å². The lowest BCUT2D eigenvalue weighted by Crippen LogP contribution is -2.55. The summed E-state index contributed by atoms with van der Waals surface area (Å²) in [5.74, 6) is 0.984. The normalized spacial score (nSPS) is 27.4. The zero-order valence-electron chi connectivity index (χ0n) is 16.9. The van der Waals surface area contributed by atoms with Crippen molar-refractivity contribution in [2.75, 3.05) is 0 Å². The van der Waals surface area contributed by atoms with Crippen molar-refractivity contribution in [3.05, 3.63) is 35.9 Å². The van der Waals surface area contributed by atoms with Crippen molar-refractivity contribution in [2.45, 2.75) is 70.5 Å². The molecule has 3 atom stereocenters. The Morgan fingerprint density at radius 3 is 2.29 bits per heavy atom. The fourth-order valence-corrected chi connectivity index (χ4v) is 4.81. The van der Waals surface area contributed by atoms with Crippen molar-refractivity contribution in [1.29, 1.82) is 0 Å². The van der Waals surface area contributed by atoms with Gasteiger partial charge in [-0.05, 0) is 49.0 Å². The molecule has 0 aliphatic heterocycles. The second-order valence-electron chi connectivity index (χ2n) is 8.73. The maximum absolute atomic E-state index is 13.2. The van der Waals surface area contributed by atoms with Gasteiger partial charge >= 0.3 is 0 Å². The van der Waals surface area contributed by atoms with Crippen LogP contribution in [0, 0.1) is 17.8 Å². The van der Waals surface area contributed by atoms with Crippen molar-refractivity contribution >= 4 is 24.2 Å². The van der Waals surface area contributed by atoms with Crippen molar-refractivity contribution in [3.8, 4) is 0 Å². The number of fused-ring (bicyclic) bond motifs is 2. The molecule has 0 heterocycles. The van der Waals surface area contributed by atoms with Crippen LogP contribution in [0.5, 0.6) is 0 Å². The summed E-state index contributed by atoms with van der Waals surface area (Å²) in [6.45, 7) is 4.01. The van der Waals surface area contributed by atoms with Crippen LogP contribution in [0.1, 0.15) is 64.0 Å². The Hall–Kier alpha value is -1.59. The third-order valence-electron chi connectivity index (χ3n) is 5.98. The van der Waals surface area contributed by atoms with Crippen LogP contribution in [0.4, 0.5) is 0 Å². The van der Waals surface area contributed by atoms with Gasteiger partial charge in [-0.25, -0.2) is 0 Å². The molecule has 1 aromatic rings. The van der Waals surface area contributed by atoms with E-state index in [2.05, 4.69) is 10.6 Å². The van der Waals surface area contributed by atoms with Crippen LogP contribution in [0.3, 0.4) is 0 Å². The first-order chi connectivity index (χ1) is 12.9. The minimum absolute atomic E-state index is 0. The number of nitrogens with two attached hydrogens (primary N) is 1. The fourth-order valence-electron chi connectivity index (χ4n) is 4.81. The van der Waals surface area contributed by atoms with Crippen LogP contribution in [-0.2, 0) is 9.59 Å². The maximum Gasteiger partial charge on any atom is 0.247 e. The fraction of sp³-hybridized carbons (Fsp3) is 0.636. The standard InChI is InChI=1S/C22H33N3O2.ClH/c1-14(2)11-19(26)24-21(15-7-4-3-5-8-15)22(27)25-20-16-9-6-10-17(20)13-18(23)12-16;/h3-5,7-8,14,16-18,20-21H,6,9-13,23H2,1-2H3,(H,24,26)(H,25,27);1H. The highest BCUT2D eigenvalue weighted by atomic mass is 35.5. The van der Waals surface area contributed by atoms with Crippen molar-refractivity contribution in [3.63, 3.8) is 0 Å². The smallest absolute Gasteiger partial charge is 0.247 e. The Morgan fingerprint density at radius 1 is 1.11 bits per heavy atom. The van der Waals surface area contributed by atoms with Crippen LogP contribution in [0.15, 0.2) is 30.3 Å². The molecule has 6 heteroatoms. The van der Waals surface area contributed by atoms with Crippen LogP contribution >= 0.6 is 12.4 Å². The minimum atomic E-state index is -0.645. The molecule has 156 valence electrons. The first-order valence-corrected chi connectivity index (χ1v) is 10.3. The molecule has 0 aromatic heterocycles. The predicted octanol–water partition coefficient (Wildman–Crippen LogP) is 3.33. The molecule has 28 heavy (non-hydrogen) atoms. The Bertz CT molecular complexity index is 638. The van der Waals surface area contributed by atoms with E-state index in [9.17, 15) is 9.59 Å². The van der Waals surface area contributed by atoms with Gasteiger partial charge in [0, 0.05) is 18.5 Å². The van der Waals surface area contributed by atoms with E-state index in [-0.39, 0.29) is 42.2 Å². The Balaban J connectivity index is 0.00000280. The lowest BCUT2D eigenvalue weighted by atomic mass is 9.67. The first kappa shape index (κ1) is 22.7. The number of halogens is 1. The summed E-state index contributed by atoms with van der Waals surface area (Å²) in [5.41, 5.74) is 7.04. The average molecular weight is 408 g/mol. The summed E-state index contributed by atoms with van der Waals surface area (Å²) in [6.07, 6.45) is 5.87. The van der Waals surface area contributed by atoms with Gasteiger partial charge in [0.1, 0.15) is 6.04 Å². The van der Waals surface area contributed by atoms with E-state index in [0.29, 0.717) is 18.3 Å². The highest BCUT2D eigenvalue weighted by Crippen LogP contribution is 2.39. The van der Waals surface area contributed by atoms with Crippen molar-refractivity contribution in [2.24, 2.45) is 23.5 Å². The zero-order valence-corrected chi connectivity index (χ0v) is 17.7. The summed E-state index contributed by atoms with van der Waals surface area (Å²) >= 11 is 0. The molecule has 4 N–H and O–H groups in total. The molecule has 3 unspecified atom stereocenters. The lowest BCUT2D eigenvalue weighted by molar-refractivity contribution is -0.131. The third kappa shape index (κ3) is 5.71. The molecule has 2 aliphatic rings. The van der Waals surface area contributed by atoms with Crippen LogP contribution in [0.2, 0.25) is 0 Å². The second-order valence-corrected chi connectivity index (χ2v) is 8.73. The minimum Gasteiger partial charge on any atom is -0.351 e. The summed E-state index contributed by atoms with van der Waals surface area (Å²) < 4.78 is 0. The van der Waals surface area contributed by atoms with Gasteiger partial charge in [0.15, 0.2) is 0 Å². The van der Waals surface area contributed by atoms with Gasteiger partial charge in [-0.1, -0.05) is 50.6 Å². The number of nitrogens with one attached hydrogen (secondary N) is 2. The molecular formula is C22H34ClN3O2. The lowest BCUT2D eigenvalue weighted by Gasteiger charge is -2.45. The van der Waals surface area contributed by atoms with E-state index in [1.54, 1.807) is 0 Å². The van der Waals surface area contributed by atoms with E-state index in [1.807, 2.05) is 44.2 Å².